The molecule has 0 aliphatic rings. The van der Waals surface area contributed by atoms with Crippen molar-refractivity contribution in [3.05, 3.63) is 35.9 Å². The third kappa shape index (κ3) is 4.75. The van der Waals surface area contributed by atoms with E-state index in [9.17, 15) is 4.79 Å². The van der Waals surface area contributed by atoms with Crippen molar-refractivity contribution >= 4 is 18.3 Å². The Hall–Kier alpha value is -1.06. The Morgan fingerprint density at radius 1 is 1.18 bits per heavy atom. The monoisotopic (exact) mass is 256 g/mol. The minimum Gasteiger partial charge on any atom is -0.349 e. The zero-order valence-corrected chi connectivity index (χ0v) is 11.3. The van der Waals surface area contributed by atoms with Crippen LogP contribution in [0, 0.1) is 5.92 Å². The summed E-state index contributed by atoms with van der Waals surface area (Å²) in [6, 6.07) is 9.80. The number of nitrogens with one attached hydrogen (secondary N) is 1. The number of halogens is 1. The molecule has 0 aliphatic heterocycles. The Labute approximate surface area is 109 Å². The maximum absolute atomic E-state index is 11.8. The van der Waals surface area contributed by atoms with E-state index in [0.29, 0.717) is 0 Å². The van der Waals surface area contributed by atoms with Crippen LogP contribution in [0.5, 0.6) is 0 Å². The van der Waals surface area contributed by atoms with Crippen molar-refractivity contribution in [1.82, 2.24) is 5.32 Å². The van der Waals surface area contributed by atoms with E-state index < -0.39 is 0 Å². The Morgan fingerprint density at radius 3 is 2.18 bits per heavy atom. The fourth-order valence-corrected chi connectivity index (χ4v) is 1.41. The number of amides is 1. The van der Waals surface area contributed by atoms with Gasteiger partial charge >= 0.3 is 0 Å². The first-order chi connectivity index (χ1) is 7.52. The van der Waals surface area contributed by atoms with Crippen LogP contribution < -0.4 is 11.1 Å². The van der Waals surface area contributed by atoms with E-state index >= 15 is 0 Å². The fourth-order valence-electron chi connectivity index (χ4n) is 1.41. The lowest BCUT2D eigenvalue weighted by Gasteiger charge is -2.19. The molecule has 96 valence electrons. The van der Waals surface area contributed by atoms with Crippen LogP contribution in [0.3, 0.4) is 0 Å². The molecule has 0 radical (unpaired) electrons. The predicted octanol–water partition coefficient (Wildman–Crippen LogP) is 2.27. The SMILES string of the molecule is CC(NC(=O)C(C)C(C)N)c1ccccc1.Cl. The second-order valence-electron chi connectivity index (χ2n) is 4.29. The van der Waals surface area contributed by atoms with Gasteiger partial charge in [0.25, 0.3) is 0 Å². The smallest absolute Gasteiger partial charge is 0.224 e. The van der Waals surface area contributed by atoms with Gasteiger partial charge in [0.15, 0.2) is 0 Å². The molecule has 3 unspecified atom stereocenters. The van der Waals surface area contributed by atoms with Crippen LogP contribution in [0.15, 0.2) is 30.3 Å². The standard InChI is InChI=1S/C13H20N2O.ClH/c1-9(10(2)14)13(16)15-11(3)12-7-5-4-6-8-12;/h4-11H,14H2,1-3H3,(H,15,16);1H. The van der Waals surface area contributed by atoms with E-state index in [0.717, 1.165) is 5.56 Å². The number of carbonyl (C=O) groups excluding carboxylic acids is 1. The molecule has 0 fully saturated rings. The molecule has 0 heterocycles. The summed E-state index contributed by atoms with van der Waals surface area (Å²) >= 11 is 0. The molecule has 3 nitrogen and oxygen atoms in total. The molecule has 0 aromatic heterocycles. The number of benzene rings is 1. The van der Waals surface area contributed by atoms with Crippen molar-refractivity contribution in [3.63, 3.8) is 0 Å². The minimum atomic E-state index is -0.161. The highest BCUT2D eigenvalue weighted by Gasteiger charge is 2.18. The molecule has 3 N–H and O–H groups in total. The summed E-state index contributed by atoms with van der Waals surface area (Å²) in [6.45, 7) is 5.66. The van der Waals surface area contributed by atoms with E-state index in [1.54, 1.807) is 0 Å². The zero-order chi connectivity index (χ0) is 12.1. The van der Waals surface area contributed by atoms with Gasteiger partial charge < -0.3 is 11.1 Å². The Bertz CT molecular complexity index is 341. The molecule has 0 saturated carbocycles. The molecule has 1 aromatic carbocycles. The van der Waals surface area contributed by atoms with Gasteiger partial charge in [0.2, 0.25) is 5.91 Å². The van der Waals surface area contributed by atoms with Gasteiger partial charge in [-0.25, -0.2) is 0 Å². The van der Waals surface area contributed by atoms with Crippen molar-refractivity contribution in [2.45, 2.75) is 32.9 Å². The molecule has 0 bridgehead atoms. The summed E-state index contributed by atoms with van der Waals surface area (Å²) in [7, 11) is 0. The fraction of sp³-hybridized carbons (Fsp3) is 0.462. The van der Waals surface area contributed by atoms with Gasteiger partial charge in [-0.3, -0.25) is 4.79 Å². The van der Waals surface area contributed by atoms with Crippen LogP contribution in [0.25, 0.3) is 0 Å². The summed E-state index contributed by atoms with van der Waals surface area (Å²) < 4.78 is 0. The van der Waals surface area contributed by atoms with Crippen LogP contribution in [-0.4, -0.2) is 11.9 Å². The molecule has 1 aromatic rings. The van der Waals surface area contributed by atoms with Crippen molar-refractivity contribution in [1.29, 1.82) is 0 Å². The molecule has 1 amide bonds. The first-order valence-electron chi connectivity index (χ1n) is 5.63. The lowest BCUT2D eigenvalue weighted by atomic mass is 10.0. The average molecular weight is 257 g/mol. The number of hydrogen-bond acceptors (Lipinski definition) is 2. The maximum Gasteiger partial charge on any atom is 0.224 e. The summed E-state index contributed by atoms with van der Waals surface area (Å²) in [5.74, 6) is -0.155. The number of carbonyl (C=O) groups is 1. The highest BCUT2D eigenvalue weighted by Crippen LogP contribution is 2.12. The maximum atomic E-state index is 11.8. The highest BCUT2D eigenvalue weighted by atomic mass is 35.5. The van der Waals surface area contributed by atoms with Gasteiger partial charge in [-0.2, -0.15) is 0 Å². The first-order valence-corrected chi connectivity index (χ1v) is 5.63. The van der Waals surface area contributed by atoms with Crippen LogP contribution in [0.1, 0.15) is 32.4 Å². The quantitative estimate of drug-likeness (QED) is 0.868. The Balaban J connectivity index is 0.00000256. The zero-order valence-electron chi connectivity index (χ0n) is 10.5. The lowest BCUT2D eigenvalue weighted by molar-refractivity contribution is -0.125. The summed E-state index contributed by atoms with van der Waals surface area (Å²) in [6.07, 6.45) is 0. The average Bonchev–Trinajstić information content (AvgIpc) is 2.28. The topological polar surface area (TPSA) is 55.1 Å². The van der Waals surface area contributed by atoms with Gasteiger partial charge in [-0.15, -0.1) is 12.4 Å². The number of hydrogen-bond donors (Lipinski definition) is 2. The molecule has 0 saturated heterocycles. The largest absolute Gasteiger partial charge is 0.349 e. The van der Waals surface area contributed by atoms with Gasteiger partial charge in [-0.05, 0) is 19.4 Å². The molecule has 1 rings (SSSR count). The van der Waals surface area contributed by atoms with Crippen LogP contribution in [0.4, 0.5) is 0 Å². The summed E-state index contributed by atoms with van der Waals surface area (Å²) in [5.41, 5.74) is 6.79. The summed E-state index contributed by atoms with van der Waals surface area (Å²) in [5, 5.41) is 2.96. The molecule has 0 spiro atoms. The van der Waals surface area contributed by atoms with Crippen molar-refractivity contribution < 1.29 is 4.79 Å². The van der Waals surface area contributed by atoms with E-state index in [1.807, 2.05) is 51.1 Å². The number of rotatable bonds is 4. The van der Waals surface area contributed by atoms with Crippen molar-refractivity contribution in [2.75, 3.05) is 0 Å². The highest BCUT2D eigenvalue weighted by molar-refractivity contribution is 5.85. The third-order valence-corrected chi connectivity index (χ3v) is 2.86. The summed E-state index contributed by atoms with van der Waals surface area (Å²) in [4.78, 5) is 11.8. The van der Waals surface area contributed by atoms with E-state index in [1.165, 1.54) is 0 Å². The second kappa shape index (κ2) is 7.30. The van der Waals surface area contributed by atoms with Crippen molar-refractivity contribution in [3.8, 4) is 0 Å². The van der Waals surface area contributed by atoms with Crippen LogP contribution >= 0.6 is 12.4 Å². The normalized spacial score (nSPS) is 15.3. The molecule has 17 heavy (non-hydrogen) atoms. The molecular weight excluding hydrogens is 236 g/mol. The third-order valence-electron chi connectivity index (χ3n) is 2.86. The van der Waals surface area contributed by atoms with Gasteiger partial charge in [-0.1, -0.05) is 37.3 Å². The van der Waals surface area contributed by atoms with Crippen molar-refractivity contribution in [2.24, 2.45) is 11.7 Å². The van der Waals surface area contributed by atoms with Gasteiger partial charge in [0, 0.05) is 12.0 Å². The second-order valence-corrected chi connectivity index (χ2v) is 4.29. The van der Waals surface area contributed by atoms with Crippen LogP contribution in [-0.2, 0) is 4.79 Å². The molecular formula is C13H21ClN2O. The molecule has 4 heteroatoms. The van der Waals surface area contributed by atoms with Gasteiger partial charge in [0.1, 0.15) is 0 Å². The Kier molecular flexibility index (Phi) is 6.85. The first kappa shape index (κ1) is 15.9. The van der Waals surface area contributed by atoms with E-state index in [4.69, 9.17) is 5.73 Å². The van der Waals surface area contributed by atoms with E-state index in [-0.39, 0.29) is 36.3 Å². The molecule has 0 aliphatic carbocycles. The minimum absolute atomic E-state index is 0. The van der Waals surface area contributed by atoms with Gasteiger partial charge in [0.05, 0.1) is 6.04 Å². The molecule has 3 atom stereocenters. The Morgan fingerprint density at radius 2 is 1.71 bits per heavy atom. The predicted molar refractivity (Wildman–Crippen MR) is 73.1 cm³/mol. The van der Waals surface area contributed by atoms with Crippen LogP contribution in [0.2, 0.25) is 0 Å². The van der Waals surface area contributed by atoms with E-state index in [2.05, 4.69) is 5.32 Å². The lowest BCUT2D eigenvalue weighted by Crippen LogP contribution is -2.39. The number of nitrogens with two attached hydrogens (primary N) is 1.